The van der Waals surface area contributed by atoms with Gasteiger partial charge in [-0.2, -0.15) is 0 Å². The van der Waals surface area contributed by atoms with E-state index in [2.05, 4.69) is 0 Å². The number of carbonyl (C=O) groups excluding carboxylic acids is 1. The molecule has 0 saturated carbocycles. The standard InChI is InChI=1S/C16H24N2O5/c1-4-23-10-6-9-18(11-12(2)16(21)22)15(20)13-7-5-8-14(19)17(13)3/h5,7-8,12H,4,6,9-11H2,1-3H3,(H,21,22). The number of carboxylic acids is 1. The fraction of sp³-hybridized carbons (Fsp3) is 0.562. The van der Waals surface area contributed by atoms with Crippen molar-refractivity contribution in [3.05, 3.63) is 34.2 Å². The van der Waals surface area contributed by atoms with E-state index < -0.39 is 11.9 Å². The lowest BCUT2D eigenvalue weighted by atomic mass is 10.1. The lowest BCUT2D eigenvalue weighted by molar-refractivity contribution is -0.141. The number of hydrogen-bond acceptors (Lipinski definition) is 4. The summed E-state index contributed by atoms with van der Waals surface area (Å²) in [5, 5.41) is 9.07. The van der Waals surface area contributed by atoms with E-state index in [9.17, 15) is 14.4 Å². The predicted octanol–water partition coefficient (Wildman–Crippen LogP) is 0.975. The number of carboxylic acid groups (broad SMARTS) is 1. The zero-order chi connectivity index (χ0) is 17.4. The third kappa shape index (κ3) is 5.52. The van der Waals surface area contributed by atoms with Crippen LogP contribution in [0.4, 0.5) is 0 Å². The summed E-state index contributed by atoms with van der Waals surface area (Å²) >= 11 is 0. The summed E-state index contributed by atoms with van der Waals surface area (Å²) in [6.45, 7) is 4.98. The minimum absolute atomic E-state index is 0.0867. The summed E-state index contributed by atoms with van der Waals surface area (Å²) in [5.74, 6) is -2.00. The van der Waals surface area contributed by atoms with Crippen molar-refractivity contribution >= 4 is 11.9 Å². The quantitative estimate of drug-likeness (QED) is 0.684. The van der Waals surface area contributed by atoms with Crippen LogP contribution < -0.4 is 5.56 Å². The summed E-state index contributed by atoms with van der Waals surface area (Å²) in [6.07, 6.45) is 0.604. The van der Waals surface area contributed by atoms with Gasteiger partial charge in [-0.15, -0.1) is 0 Å². The molecule has 1 amide bonds. The maximum absolute atomic E-state index is 12.7. The molecule has 1 atom stereocenters. The van der Waals surface area contributed by atoms with E-state index in [1.54, 1.807) is 13.0 Å². The van der Waals surface area contributed by atoms with E-state index in [0.717, 1.165) is 0 Å². The lowest BCUT2D eigenvalue weighted by Crippen LogP contribution is -2.40. The second-order valence-electron chi connectivity index (χ2n) is 5.35. The maximum atomic E-state index is 12.7. The molecule has 1 unspecified atom stereocenters. The number of carbonyl (C=O) groups is 2. The maximum Gasteiger partial charge on any atom is 0.308 e. The Bertz CT molecular complexity index is 596. The molecular formula is C16H24N2O5. The van der Waals surface area contributed by atoms with Crippen LogP contribution >= 0.6 is 0 Å². The highest BCUT2D eigenvalue weighted by atomic mass is 16.5. The molecule has 0 aromatic carbocycles. The average Bonchev–Trinajstić information content (AvgIpc) is 2.52. The van der Waals surface area contributed by atoms with Crippen molar-refractivity contribution in [3.8, 4) is 0 Å². The molecule has 7 heteroatoms. The van der Waals surface area contributed by atoms with Crippen LogP contribution in [0.3, 0.4) is 0 Å². The van der Waals surface area contributed by atoms with Crippen LogP contribution in [0.25, 0.3) is 0 Å². The number of hydrogen-bond donors (Lipinski definition) is 1. The summed E-state index contributed by atoms with van der Waals surface area (Å²) in [5.41, 5.74) is -0.0390. The van der Waals surface area contributed by atoms with Crippen molar-refractivity contribution in [2.75, 3.05) is 26.3 Å². The molecule has 0 radical (unpaired) electrons. The van der Waals surface area contributed by atoms with Gasteiger partial charge in [0.1, 0.15) is 5.69 Å². The minimum Gasteiger partial charge on any atom is -0.481 e. The predicted molar refractivity (Wildman–Crippen MR) is 85.5 cm³/mol. The number of ether oxygens (including phenoxy) is 1. The fourth-order valence-electron chi connectivity index (χ4n) is 2.13. The molecule has 128 valence electrons. The molecule has 1 aromatic rings. The van der Waals surface area contributed by atoms with Gasteiger partial charge in [-0.1, -0.05) is 13.0 Å². The van der Waals surface area contributed by atoms with Crippen LogP contribution in [0.5, 0.6) is 0 Å². The van der Waals surface area contributed by atoms with Gasteiger partial charge in [-0.25, -0.2) is 0 Å². The van der Waals surface area contributed by atoms with Gasteiger partial charge in [-0.3, -0.25) is 14.4 Å². The van der Waals surface area contributed by atoms with Gasteiger partial charge in [0, 0.05) is 39.4 Å². The number of amides is 1. The smallest absolute Gasteiger partial charge is 0.308 e. The molecular weight excluding hydrogens is 300 g/mol. The number of nitrogens with zero attached hydrogens (tertiary/aromatic N) is 2. The number of pyridine rings is 1. The van der Waals surface area contributed by atoms with Gasteiger partial charge in [-0.05, 0) is 19.4 Å². The van der Waals surface area contributed by atoms with Gasteiger partial charge in [0.25, 0.3) is 11.5 Å². The highest BCUT2D eigenvalue weighted by Gasteiger charge is 2.23. The van der Waals surface area contributed by atoms with Gasteiger partial charge in [0.2, 0.25) is 0 Å². The zero-order valence-electron chi connectivity index (χ0n) is 13.8. The van der Waals surface area contributed by atoms with E-state index >= 15 is 0 Å². The first-order valence-electron chi connectivity index (χ1n) is 7.64. The average molecular weight is 324 g/mol. The Labute approximate surface area is 135 Å². The molecule has 0 spiro atoms. The van der Waals surface area contributed by atoms with Gasteiger partial charge >= 0.3 is 5.97 Å². The van der Waals surface area contributed by atoms with E-state index in [1.165, 1.54) is 28.6 Å². The van der Waals surface area contributed by atoms with Crippen molar-refractivity contribution in [3.63, 3.8) is 0 Å². The van der Waals surface area contributed by atoms with Crippen molar-refractivity contribution in [2.45, 2.75) is 20.3 Å². The molecule has 0 fully saturated rings. The third-order valence-electron chi connectivity index (χ3n) is 3.53. The van der Waals surface area contributed by atoms with Crippen molar-refractivity contribution in [2.24, 2.45) is 13.0 Å². The Kier molecular flexibility index (Phi) is 7.47. The highest BCUT2D eigenvalue weighted by Crippen LogP contribution is 2.08. The Hall–Kier alpha value is -2.15. The Morgan fingerprint density at radius 3 is 2.70 bits per heavy atom. The van der Waals surface area contributed by atoms with E-state index in [0.29, 0.717) is 26.2 Å². The topological polar surface area (TPSA) is 88.8 Å². The van der Waals surface area contributed by atoms with Crippen LogP contribution in [0.1, 0.15) is 30.8 Å². The zero-order valence-corrected chi connectivity index (χ0v) is 13.8. The summed E-state index contributed by atoms with van der Waals surface area (Å²) < 4.78 is 6.52. The molecule has 0 aliphatic rings. The first-order valence-corrected chi connectivity index (χ1v) is 7.64. The first kappa shape index (κ1) is 18.9. The minimum atomic E-state index is -0.963. The van der Waals surface area contributed by atoms with E-state index in [-0.39, 0.29) is 23.7 Å². The van der Waals surface area contributed by atoms with Crippen LogP contribution in [0.15, 0.2) is 23.0 Å². The molecule has 1 rings (SSSR count). The molecule has 7 nitrogen and oxygen atoms in total. The van der Waals surface area contributed by atoms with Crippen molar-refractivity contribution in [1.82, 2.24) is 9.47 Å². The molecule has 0 aliphatic heterocycles. The van der Waals surface area contributed by atoms with E-state index in [1.807, 2.05) is 6.92 Å². The van der Waals surface area contributed by atoms with E-state index in [4.69, 9.17) is 9.84 Å². The monoisotopic (exact) mass is 324 g/mol. The first-order chi connectivity index (χ1) is 10.9. The molecule has 1 aromatic heterocycles. The molecule has 1 N–H and O–H groups in total. The second-order valence-corrected chi connectivity index (χ2v) is 5.35. The van der Waals surface area contributed by atoms with Gasteiger partial charge in [0.05, 0.1) is 5.92 Å². The van der Waals surface area contributed by atoms with Crippen LogP contribution in [0, 0.1) is 5.92 Å². The largest absolute Gasteiger partial charge is 0.481 e. The van der Waals surface area contributed by atoms with Gasteiger partial charge in [0.15, 0.2) is 0 Å². The molecule has 0 bridgehead atoms. The Morgan fingerprint density at radius 2 is 2.09 bits per heavy atom. The summed E-state index contributed by atoms with van der Waals surface area (Å²) in [7, 11) is 1.52. The highest BCUT2D eigenvalue weighted by molar-refractivity contribution is 5.92. The van der Waals surface area contributed by atoms with Crippen LogP contribution in [-0.2, 0) is 16.6 Å². The Morgan fingerprint density at radius 1 is 1.39 bits per heavy atom. The lowest BCUT2D eigenvalue weighted by Gasteiger charge is -2.25. The number of aliphatic carboxylic acids is 1. The molecule has 23 heavy (non-hydrogen) atoms. The number of aromatic nitrogens is 1. The summed E-state index contributed by atoms with van der Waals surface area (Å²) in [6, 6.07) is 4.45. The summed E-state index contributed by atoms with van der Waals surface area (Å²) in [4.78, 5) is 36.9. The second kappa shape index (κ2) is 9.09. The SMILES string of the molecule is CCOCCCN(CC(C)C(=O)O)C(=O)c1cccc(=O)n1C. The molecule has 0 aliphatic carbocycles. The van der Waals surface area contributed by atoms with Crippen molar-refractivity contribution < 1.29 is 19.4 Å². The van der Waals surface area contributed by atoms with Crippen molar-refractivity contribution in [1.29, 1.82) is 0 Å². The third-order valence-corrected chi connectivity index (χ3v) is 3.53. The fourth-order valence-corrected chi connectivity index (χ4v) is 2.13. The van der Waals surface area contributed by atoms with Crippen LogP contribution in [-0.4, -0.2) is 52.8 Å². The number of rotatable bonds is 9. The van der Waals surface area contributed by atoms with Gasteiger partial charge < -0.3 is 19.3 Å². The normalized spacial score (nSPS) is 12.0. The molecule has 1 heterocycles. The molecule has 0 saturated heterocycles. The Balaban J connectivity index is 2.92. The van der Waals surface area contributed by atoms with Crippen LogP contribution in [0.2, 0.25) is 0 Å².